The van der Waals surface area contributed by atoms with E-state index in [4.69, 9.17) is 19.4 Å². The van der Waals surface area contributed by atoms with Gasteiger partial charge in [-0.1, -0.05) is 36.4 Å². The van der Waals surface area contributed by atoms with Gasteiger partial charge in [0.2, 0.25) is 61.4 Å². The Hall–Kier alpha value is -13.1. The van der Waals surface area contributed by atoms with Crippen molar-refractivity contribution < 1.29 is 145 Å². The standard InChI is InChI=1S/C95H131N19O31S4/c1-59-47-71(48-60(2)85(59)148(140,141)109-74(94(130)131)51-102-89(125)67-19-13-63(14-20-67)17-25-69-27-23-65-9-5-31-98-87(65)104-69)144-45-7-11-78(115)96-33-35-100-91(127)76(57-146(134,135)136)107-80(117)30-29-73(106-81(118)53-111-37-39-112(54-82(119)120)41-43-114(56-84(123)124)44-42-113(40-38-111)55-83(121)122)93(129)108-77(58-147(137,138)139)92(128)101-36-34-97-79(116)12-8-46-145-72-49-61(3)86(62(4)50-72)149(142,143)110-75(95(132)133)52-103-90(126)68-21-15-64(16-22-68)18-26-70-28-24-66-10-6-32-99-88(66)105-70/h13-16,19-24,27-28,47-50,73-77,84,109-110,123-124H,5-12,17-18,25-26,29-46,51-58H2,1-4H3,(H,96,115)(H,97,116)(H,98,104)(H,99,105)(H,100,127)(H,101,128)(H,102,125)(H,103,126)(H,106,118)(H,107,117)(H,108,129)(H,119,120)(H,121,122)(H,130,131)(H,132,133)(H,134,135,136)(H,137,138,139). The lowest BCUT2D eigenvalue weighted by Crippen LogP contribution is -2.57. The van der Waals surface area contributed by atoms with Crippen molar-refractivity contribution in [2.75, 3.05) is 166 Å². The summed E-state index contributed by atoms with van der Waals surface area (Å²) in [4.78, 5) is 186. The van der Waals surface area contributed by atoms with Crippen molar-refractivity contribution in [3.63, 3.8) is 0 Å². The summed E-state index contributed by atoms with van der Waals surface area (Å²) in [5, 5.41) is 87.2. The lowest BCUT2D eigenvalue weighted by Gasteiger charge is -2.33. The van der Waals surface area contributed by atoms with Crippen LogP contribution in [-0.2, 0) is 132 Å². The number of benzene rings is 4. The zero-order chi connectivity index (χ0) is 109. The monoisotopic (exact) mass is 2160 g/mol. The molecule has 2 aromatic heterocycles. The molecule has 0 saturated carbocycles. The molecule has 9 amide bonds. The van der Waals surface area contributed by atoms with E-state index in [0.29, 0.717) is 25.7 Å². The van der Waals surface area contributed by atoms with E-state index in [0.717, 1.165) is 72.9 Å². The van der Waals surface area contributed by atoms with Crippen molar-refractivity contribution >= 4 is 129 Å². The molecule has 5 atom stereocenters. The predicted octanol–water partition coefficient (Wildman–Crippen LogP) is -2.49. The molecule has 6 aromatic rings. The van der Waals surface area contributed by atoms with Crippen molar-refractivity contribution in [3.05, 3.63) is 164 Å². The van der Waals surface area contributed by atoms with Gasteiger partial charge in [-0.05, 0) is 203 Å². The van der Waals surface area contributed by atoms with E-state index < -0.39 is 224 Å². The van der Waals surface area contributed by atoms with Crippen molar-refractivity contribution in [1.29, 1.82) is 0 Å². The van der Waals surface area contributed by atoms with Crippen LogP contribution < -0.4 is 77.4 Å². The highest BCUT2D eigenvalue weighted by molar-refractivity contribution is 7.90. The number of aliphatic hydroxyl groups is 2. The summed E-state index contributed by atoms with van der Waals surface area (Å²) >= 11 is 0. The van der Waals surface area contributed by atoms with Crippen LogP contribution in [0.2, 0.25) is 0 Å². The van der Waals surface area contributed by atoms with Crippen LogP contribution in [0.5, 0.6) is 11.5 Å². The summed E-state index contributed by atoms with van der Waals surface area (Å²) in [6, 6.07) is 17.0. The van der Waals surface area contributed by atoms with E-state index in [1.807, 2.05) is 12.1 Å². The lowest BCUT2D eigenvalue weighted by molar-refractivity contribution is -0.139. The first-order valence-electron chi connectivity index (χ1n) is 48.3. The number of aromatic nitrogens is 2. The van der Waals surface area contributed by atoms with Crippen LogP contribution in [0, 0.1) is 27.7 Å². The van der Waals surface area contributed by atoms with Gasteiger partial charge in [0.1, 0.15) is 64.8 Å². The molecule has 149 heavy (non-hydrogen) atoms. The number of rotatable bonds is 57. The maximum Gasteiger partial charge on any atom is 0.323 e. The number of hydrogen-bond donors (Lipinski definition) is 21. The first-order valence-corrected chi connectivity index (χ1v) is 54.4. The summed E-state index contributed by atoms with van der Waals surface area (Å²) in [6.45, 7) is 2.20. The Morgan fingerprint density at radius 1 is 0.409 bits per heavy atom. The van der Waals surface area contributed by atoms with Crippen LogP contribution in [0.4, 0.5) is 11.6 Å². The van der Waals surface area contributed by atoms with Crippen LogP contribution in [-0.4, -0.2) is 372 Å². The first-order chi connectivity index (χ1) is 70.5. The Morgan fingerprint density at radius 2 is 0.779 bits per heavy atom. The van der Waals surface area contributed by atoms with Gasteiger partial charge >= 0.3 is 23.9 Å². The minimum Gasteiger partial charge on any atom is -0.494 e. The zero-order valence-corrected chi connectivity index (χ0v) is 86.1. The number of ether oxygens (including phenoxy) is 2. The summed E-state index contributed by atoms with van der Waals surface area (Å²) < 4.78 is 141. The SMILES string of the molecule is Cc1cc(OCCCC(=O)NCCNC(=O)C(CS(=O)(=O)O)NC(=O)CCC(NC(=O)CN2CCN(CC(=O)O)CCN(CC(O)O)CCN(CC(=O)O)CC2)C(=O)NC(CS(=O)(=O)O)C(=O)NCCNC(=O)CCCOc2cc(C)c(S(=O)(=O)NC(CNC(=O)c3ccc(CCc4ccc5c(n4)NCCC5)cc3)C(=O)O)c(C)c2)cc(C)c1S(=O)(=O)NC(CNC(=O)c1ccc(CCc2ccc3c(n2)NCCC3)cc1)C(=O)O. The average Bonchev–Trinajstić information content (AvgIpc) is 0.788. The highest BCUT2D eigenvalue weighted by atomic mass is 32.2. The number of sulfonamides is 2. The second-order valence-corrected chi connectivity index (χ2v) is 42.5. The van der Waals surface area contributed by atoms with E-state index in [2.05, 4.69) is 80.1 Å². The predicted molar refractivity (Wildman–Crippen MR) is 538 cm³/mol. The van der Waals surface area contributed by atoms with Gasteiger partial charge < -0.3 is 98.6 Å². The number of carboxylic acid groups (broad SMARTS) is 4. The van der Waals surface area contributed by atoms with Crippen LogP contribution in [0.3, 0.4) is 0 Å². The van der Waals surface area contributed by atoms with Crippen molar-refractivity contribution in [1.82, 2.24) is 86.9 Å². The fraction of sp³-hybridized carbons (Fsp3) is 0.505. The average molecular weight is 2160 g/mol. The maximum atomic E-state index is 14.5. The number of fused-ring (bicyclic) bond motifs is 2. The third kappa shape index (κ3) is 41.4. The van der Waals surface area contributed by atoms with Gasteiger partial charge in [-0.15, -0.1) is 0 Å². The molecule has 4 aromatic carbocycles. The van der Waals surface area contributed by atoms with Crippen LogP contribution in [0.1, 0.15) is 128 Å². The molecule has 5 heterocycles. The number of pyridine rings is 2. The largest absolute Gasteiger partial charge is 0.494 e. The van der Waals surface area contributed by atoms with E-state index >= 15 is 0 Å². The van der Waals surface area contributed by atoms with Gasteiger partial charge in [-0.3, -0.25) is 91.0 Å². The maximum absolute atomic E-state index is 14.5. The minimum atomic E-state index is -5.21. The summed E-state index contributed by atoms with van der Waals surface area (Å²) in [7, 11) is -19.5. The molecule has 0 aliphatic carbocycles. The summed E-state index contributed by atoms with van der Waals surface area (Å²) in [6.07, 6.45) is 2.71. The van der Waals surface area contributed by atoms with Crippen LogP contribution >= 0.6 is 0 Å². The van der Waals surface area contributed by atoms with E-state index in [-0.39, 0.29) is 166 Å². The van der Waals surface area contributed by atoms with Gasteiger partial charge in [0.15, 0.2) is 6.29 Å². The minimum absolute atomic E-state index is 0.0150. The smallest absolute Gasteiger partial charge is 0.323 e. The molecule has 21 N–H and O–H groups in total. The number of aliphatic hydroxyl groups excluding tert-OH is 1. The number of amides is 9. The number of carbonyl (C=O) groups is 13. The number of carboxylic acids is 4. The Morgan fingerprint density at radius 3 is 1.15 bits per heavy atom. The molecule has 3 aliphatic rings. The zero-order valence-electron chi connectivity index (χ0n) is 82.9. The van der Waals surface area contributed by atoms with Crippen molar-refractivity contribution in [3.8, 4) is 11.5 Å². The molecule has 816 valence electrons. The number of carbonyl (C=O) groups excluding carboxylic acids is 9. The molecule has 3 aliphatic heterocycles. The molecule has 54 heteroatoms. The second kappa shape index (κ2) is 57.6. The van der Waals surface area contributed by atoms with Gasteiger partial charge in [0.25, 0.3) is 32.1 Å². The number of hydrogen-bond acceptors (Lipinski definition) is 33. The topological polar surface area (TPSA) is 734 Å². The normalized spacial score (nSPS) is 15.1. The third-order valence-corrected chi connectivity index (χ3v) is 29.2. The fourth-order valence-electron chi connectivity index (χ4n) is 16.7. The number of nitrogens with one attached hydrogen (secondary N) is 13. The lowest BCUT2D eigenvalue weighted by atomic mass is 10.0. The molecule has 0 spiro atoms. The van der Waals surface area contributed by atoms with E-state index in [1.165, 1.54) is 77.8 Å². The van der Waals surface area contributed by atoms with Crippen molar-refractivity contribution in [2.45, 2.75) is 164 Å². The van der Waals surface area contributed by atoms with E-state index in [1.54, 1.807) is 53.4 Å². The Balaban J connectivity index is 0.751. The first kappa shape index (κ1) is 119. The highest BCUT2D eigenvalue weighted by Crippen LogP contribution is 2.30. The quantitative estimate of drug-likeness (QED) is 0.0107. The Bertz CT molecular complexity index is 6130. The van der Waals surface area contributed by atoms with E-state index in [9.17, 15) is 136 Å². The Labute approximate surface area is 861 Å². The highest BCUT2D eigenvalue weighted by Gasteiger charge is 2.36. The third-order valence-electron chi connectivity index (χ3n) is 24.1. The second-order valence-electron chi connectivity index (χ2n) is 36.2. The molecular weight excluding hydrogens is 2030 g/mol. The fourth-order valence-corrected chi connectivity index (χ4v) is 21.3. The van der Waals surface area contributed by atoms with Gasteiger partial charge in [0.05, 0.1) is 42.6 Å². The molecule has 9 rings (SSSR count). The van der Waals surface area contributed by atoms with Crippen LogP contribution in [0.15, 0.2) is 107 Å². The molecule has 5 unspecified atom stereocenters. The molecule has 0 bridgehead atoms. The number of aliphatic carboxylic acids is 4. The molecular formula is C95H131N19O31S4. The summed E-state index contributed by atoms with van der Waals surface area (Å²) in [5.74, 6) is -15.3. The van der Waals surface area contributed by atoms with Gasteiger partial charge in [-0.2, -0.15) is 26.3 Å². The Kier molecular flexibility index (Phi) is 46.2. The van der Waals surface area contributed by atoms with Crippen LogP contribution in [0.25, 0.3) is 0 Å². The molecule has 1 fully saturated rings. The number of β-amino-alcohol motifs (C(OH)–C–C–N with tert-alkyl or cyclic N) is 2. The molecule has 1 saturated heterocycles. The van der Waals surface area contributed by atoms with Gasteiger partial charge in [0, 0.05) is 153 Å². The molecule has 50 nitrogen and oxygen atoms in total. The summed E-state index contributed by atoms with van der Waals surface area (Å²) in [5.41, 5.74) is 7.02. The number of anilines is 2. The number of aryl methyl sites for hydroxylation is 10. The van der Waals surface area contributed by atoms with Crippen molar-refractivity contribution in [2.24, 2.45) is 0 Å². The number of nitrogens with zero attached hydrogens (tertiary/aromatic N) is 6. The van der Waals surface area contributed by atoms with Gasteiger partial charge in [-0.25, -0.2) is 26.8 Å². The molecule has 0 radical (unpaired) electrons.